The maximum atomic E-state index is 12.0. The Kier molecular flexibility index (Phi) is 7.37. The number of hydrogen-bond donors (Lipinski definition) is 2. The van der Waals surface area contributed by atoms with Crippen molar-refractivity contribution in [1.29, 1.82) is 0 Å². The van der Waals surface area contributed by atoms with Crippen LogP contribution in [0.2, 0.25) is 0 Å². The third-order valence-corrected chi connectivity index (χ3v) is 4.33. The summed E-state index contributed by atoms with van der Waals surface area (Å²) in [5.41, 5.74) is 2.01. The molecule has 1 aromatic carbocycles. The minimum absolute atomic E-state index is 0.0158. The summed E-state index contributed by atoms with van der Waals surface area (Å²) < 4.78 is 11.4. The lowest BCUT2D eigenvalue weighted by molar-refractivity contribution is -0.121. The van der Waals surface area contributed by atoms with Gasteiger partial charge in [0.25, 0.3) is 0 Å². The van der Waals surface area contributed by atoms with Crippen LogP contribution >= 0.6 is 0 Å². The fourth-order valence-corrected chi connectivity index (χ4v) is 2.68. The number of carbonyl (C=O) groups is 1. The van der Waals surface area contributed by atoms with Crippen LogP contribution in [0.25, 0.3) is 0 Å². The molecule has 0 spiro atoms. The molecule has 0 aliphatic carbocycles. The molecule has 1 saturated heterocycles. The van der Waals surface area contributed by atoms with Crippen LogP contribution in [0.4, 0.5) is 5.69 Å². The Morgan fingerprint density at radius 2 is 2.12 bits per heavy atom. The van der Waals surface area contributed by atoms with Gasteiger partial charge in [0.05, 0.1) is 6.61 Å². The quantitative estimate of drug-likeness (QED) is 0.767. The average Bonchev–Trinajstić information content (AvgIpc) is 2.60. The molecule has 1 heterocycles. The van der Waals surface area contributed by atoms with E-state index < -0.39 is 0 Å². The van der Waals surface area contributed by atoms with E-state index >= 15 is 0 Å². The summed E-state index contributed by atoms with van der Waals surface area (Å²) in [6, 6.07) is 5.72. The summed E-state index contributed by atoms with van der Waals surface area (Å²) in [4.78, 5) is 12.0. The van der Waals surface area contributed by atoms with Crippen molar-refractivity contribution in [3.8, 4) is 5.75 Å². The highest BCUT2D eigenvalue weighted by molar-refractivity contribution is 5.84. The Morgan fingerprint density at radius 3 is 2.83 bits per heavy atom. The van der Waals surface area contributed by atoms with Crippen LogP contribution in [0.3, 0.4) is 0 Å². The minimum Gasteiger partial charge on any atom is -0.493 e. The second-order valence-corrected chi connectivity index (χ2v) is 6.50. The van der Waals surface area contributed by atoms with Crippen LogP contribution in [0.1, 0.15) is 38.7 Å². The van der Waals surface area contributed by atoms with Gasteiger partial charge in [-0.15, -0.1) is 0 Å². The van der Waals surface area contributed by atoms with Crippen LogP contribution in [-0.2, 0) is 9.53 Å². The molecule has 1 aliphatic rings. The lowest BCUT2D eigenvalue weighted by atomic mass is 10.0. The molecular weight excluding hydrogens is 304 g/mol. The van der Waals surface area contributed by atoms with E-state index in [0.29, 0.717) is 12.5 Å². The van der Waals surface area contributed by atoms with Gasteiger partial charge in [0, 0.05) is 31.5 Å². The highest BCUT2D eigenvalue weighted by Gasteiger charge is 2.16. The van der Waals surface area contributed by atoms with Crippen molar-refractivity contribution in [2.45, 2.75) is 46.1 Å². The van der Waals surface area contributed by atoms with Crippen LogP contribution in [0.5, 0.6) is 5.75 Å². The molecule has 5 heteroatoms. The maximum absolute atomic E-state index is 12.0. The maximum Gasteiger partial charge on any atom is 0.242 e. The lowest BCUT2D eigenvalue weighted by Crippen LogP contribution is -2.37. The topological polar surface area (TPSA) is 59.6 Å². The van der Waals surface area contributed by atoms with Crippen LogP contribution in [0.15, 0.2) is 18.2 Å². The van der Waals surface area contributed by atoms with E-state index in [1.165, 1.54) is 0 Å². The fourth-order valence-electron chi connectivity index (χ4n) is 2.68. The summed E-state index contributed by atoms with van der Waals surface area (Å²) in [5.74, 6) is 1.46. The van der Waals surface area contributed by atoms with Crippen molar-refractivity contribution in [1.82, 2.24) is 5.32 Å². The van der Waals surface area contributed by atoms with Crippen molar-refractivity contribution in [3.63, 3.8) is 0 Å². The Hall–Kier alpha value is -1.75. The van der Waals surface area contributed by atoms with Gasteiger partial charge in [-0.25, -0.2) is 0 Å². The Balaban J connectivity index is 1.90. The number of anilines is 1. The van der Waals surface area contributed by atoms with Crippen molar-refractivity contribution in [2.24, 2.45) is 5.92 Å². The van der Waals surface area contributed by atoms with E-state index in [2.05, 4.69) is 10.6 Å². The number of benzene rings is 1. The molecule has 5 nitrogen and oxygen atoms in total. The number of amides is 1. The molecule has 0 aromatic heterocycles. The van der Waals surface area contributed by atoms with E-state index in [9.17, 15) is 4.79 Å². The highest BCUT2D eigenvalue weighted by Crippen LogP contribution is 2.25. The smallest absolute Gasteiger partial charge is 0.242 e. The Bertz CT molecular complexity index is 527. The minimum atomic E-state index is -0.275. The Labute approximate surface area is 145 Å². The third-order valence-electron chi connectivity index (χ3n) is 4.33. The Morgan fingerprint density at radius 1 is 1.38 bits per heavy atom. The molecule has 1 amide bonds. The fraction of sp³-hybridized carbons (Fsp3) is 0.632. The van der Waals surface area contributed by atoms with Gasteiger partial charge in [0.1, 0.15) is 11.8 Å². The number of hydrogen-bond acceptors (Lipinski definition) is 4. The number of carbonyl (C=O) groups excluding carboxylic acids is 1. The van der Waals surface area contributed by atoms with E-state index in [1.54, 1.807) is 0 Å². The first-order valence-electron chi connectivity index (χ1n) is 8.95. The number of ether oxygens (including phenoxy) is 2. The molecular formula is C19H30N2O3. The normalized spacial score (nSPS) is 16.5. The van der Waals surface area contributed by atoms with Gasteiger partial charge >= 0.3 is 0 Å². The van der Waals surface area contributed by atoms with Crippen LogP contribution in [-0.4, -0.2) is 38.3 Å². The van der Waals surface area contributed by atoms with Gasteiger partial charge in [-0.05, 0) is 50.7 Å². The van der Waals surface area contributed by atoms with E-state index in [-0.39, 0.29) is 11.9 Å². The van der Waals surface area contributed by atoms with Crippen LogP contribution < -0.4 is 15.4 Å². The molecule has 0 saturated carbocycles. The molecule has 1 aromatic rings. The SMILES string of the molecule is CCCNC(=O)[C@@H](C)Nc1ccc(C)c(OCC2CCOCC2)c1. The highest BCUT2D eigenvalue weighted by atomic mass is 16.5. The summed E-state index contributed by atoms with van der Waals surface area (Å²) in [7, 11) is 0. The van der Waals surface area contributed by atoms with Gasteiger partial charge in [0.2, 0.25) is 5.91 Å². The standard InChI is InChI=1S/C19H30N2O3/c1-4-9-20-19(22)15(3)21-17-6-5-14(2)18(12-17)24-13-16-7-10-23-11-8-16/h5-6,12,15-16,21H,4,7-11,13H2,1-3H3,(H,20,22)/t15-/m1/s1. The molecule has 1 fully saturated rings. The second kappa shape index (κ2) is 9.52. The predicted octanol–water partition coefficient (Wildman–Crippen LogP) is 3.13. The largest absolute Gasteiger partial charge is 0.493 e. The molecule has 134 valence electrons. The number of aryl methyl sites for hydroxylation is 1. The molecule has 0 unspecified atom stereocenters. The molecule has 2 rings (SSSR count). The first-order chi connectivity index (χ1) is 11.6. The zero-order valence-corrected chi connectivity index (χ0v) is 15.1. The monoisotopic (exact) mass is 334 g/mol. The van der Waals surface area contributed by atoms with Gasteiger partial charge in [-0.3, -0.25) is 4.79 Å². The van der Waals surface area contributed by atoms with Gasteiger partial charge in [-0.1, -0.05) is 13.0 Å². The zero-order chi connectivity index (χ0) is 17.4. The number of rotatable bonds is 8. The molecule has 2 N–H and O–H groups in total. The van der Waals surface area contributed by atoms with Gasteiger partial charge < -0.3 is 20.1 Å². The molecule has 0 bridgehead atoms. The van der Waals surface area contributed by atoms with Gasteiger partial charge in [-0.2, -0.15) is 0 Å². The average molecular weight is 334 g/mol. The van der Waals surface area contributed by atoms with Crippen molar-refractivity contribution in [3.05, 3.63) is 23.8 Å². The zero-order valence-electron chi connectivity index (χ0n) is 15.1. The summed E-state index contributed by atoms with van der Waals surface area (Å²) in [5, 5.41) is 6.15. The lowest BCUT2D eigenvalue weighted by Gasteiger charge is -2.23. The first-order valence-corrected chi connectivity index (χ1v) is 8.95. The molecule has 24 heavy (non-hydrogen) atoms. The van der Waals surface area contributed by atoms with Crippen molar-refractivity contribution >= 4 is 11.6 Å². The molecule has 0 radical (unpaired) electrons. The summed E-state index contributed by atoms with van der Waals surface area (Å²) in [6.45, 7) is 9.05. The van der Waals surface area contributed by atoms with Crippen molar-refractivity contribution < 1.29 is 14.3 Å². The molecule has 1 aliphatic heterocycles. The molecule has 1 atom stereocenters. The van der Waals surface area contributed by atoms with E-state index in [0.717, 1.165) is 56.1 Å². The van der Waals surface area contributed by atoms with Crippen molar-refractivity contribution in [2.75, 3.05) is 31.7 Å². The second-order valence-electron chi connectivity index (χ2n) is 6.50. The third kappa shape index (κ3) is 5.71. The van der Waals surface area contributed by atoms with Gasteiger partial charge in [0.15, 0.2) is 0 Å². The first kappa shape index (κ1) is 18.6. The summed E-state index contributed by atoms with van der Waals surface area (Å²) >= 11 is 0. The van der Waals surface area contributed by atoms with Crippen LogP contribution in [0, 0.1) is 12.8 Å². The van der Waals surface area contributed by atoms with E-state index in [4.69, 9.17) is 9.47 Å². The predicted molar refractivity (Wildman–Crippen MR) is 96.6 cm³/mol. The summed E-state index contributed by atoms with van der Waals surface area (Å²) in [6.07, 6.45) is 3.06. The number of nitrogens with one attached hydrogen (secondary N) is 2. The van der Waals surface area contributed by atoms with E-state index in [1.807, 2.05) is 39.0 Å².